The van der Waals surface area contributed by atoms with Gasteiger partial charge < -0.3 is 0 Å². The van der Waals surface area contributed by atoms with Gasteiger partial charge in [-0.1, -0.05) is 23.7 Å². The highest BCUT2D eigenvalue weighted by Gasteiger charge is 2.05. The predicted octanol–water partition coefficient (Wildman–Crippen LogP) is 3.24. The fraction of sp³-hybridized carbons (Fsp3) is 0.0667. The first kappa shape index (κ1) is 12.8. The summed E-state index contributed by atoms with van der Waals surface area (Å²) >= 11 is 5.90. The lowest BCUT2D eigenvalue weighted by atomic mass is 10.2. The fourth-order valence-electron chi connectivity index (χ4n) is 2.08. The number of hydrogen-bond donors (Lipinski definition) is 0. The van der Waals surface area contributed by atoms with E-state index in [2.05, 4.69) is 4.98 Å². The molecule has 1 heterocycles. The summed E-state index contributed by atoms with van der Waals surface area (Å²) in [7, 11) is 0. The van der Waals surface area contributed by atoms with Crippen LogP contribution >= 0.6 is 11.6 Å². The van der Waals surface area contributed by atoms with E-state index in [0.717, 1.165) is 0 Å². The maximum absolute atomic E-state index is 13.2. The van der Waals surface area contributed by atoms with Crippen molar-refractivity contribution >= 4 is 22.5 Å². The average Bonchev–Trinajstić information content (AvgIpc) is 2.43. The van der Waals surface area contributed by atoms with Crippen molar-refractivity contribution in [2.75, 3.05) is 0 Å². The third kappa shape index (κ3) is 2.42. The van der Waals surface area contributed by atoms with E-state index in [1.54, 1.807) is 30.3 Å². The smallest absolute Gasteiger partial charge is 0.261 e. The molecule has 0 spiro atoms. The summed E-state index contributed by atoms with van der Waals surface area (Å²) in [5.41, 5.74) is 1.10. The highest BCUT2D eigenvalue weighted by atomic mass is 35.5. The number of halogens is 2. The van der Waals surface area contributed by atoms with Gasteiger partial charge >= 0.3 is 0 Å². The second-order valence-corrected chi connectivity index (χ2v) is 4.91. The number of hydrogen-bond acceptors (Lipinski definition) is 2. The number of benzene rings is 2. The van der Waals surface area contributed by atoms with Gasteiger partial charge in [-0.25, -0.2) is 9.37 Å². The molecule has 0 atom stereocenters. The fourth-order valence-corrected chi connectivity index (χ4v) is 2.25. The molecule has 0 aliphatic rings. The summed E-state index contributed by atoms with van der Waals surface area (Å²) in [4.78, 5) is 16.6. The normalized spacial score (nSPS) is 10.9. The maximum atomic E-state index is 13.2. The second-order valence-electron chi connectivity index (χ2n) is 4.47. The van der Waals surface area contributed by atoms with Crippen LogP contribution in [0.1, 0.15) is 5.56 Å². The number of nitrogens with zero attached hydrogens (tertiary/aromatic N) is 2. The van der Waals surface area contributed by atoms with Crippen LogP contribution in [-0.2, 0) is 6.54 Å². The standard InChI is InChI=1S/C15H10ClFN2O/c16-11-4-5-14-13(7-11)15(20)19(9-18-14)8-10-2-1-3-12(17)6-10/h1-7,9H,8H2. The minimum absolute atomic E-state index is 0.193. The lowest BCUT2D eigenvalue weighted by Crippen LogP contribution is -2.21. The van der Waals surface area contributed by atoms with Crippen LogP contribution in [0.5, 0.6) is 0 Å². The van der Waals surface area contributed by atoms with Crippen molar-refractivity contribution in [3.8, 4) is 0 Å². The van der Waals surface area contributed by atoms with Crippen molar-refractivity contribution in [1.29, 1.82) is 0 Å². The Kier molecular flexibility index (Phi) is 3.24. The van der Waals surface area contributed by atoms with Gasteiger partial charge in [0.2, 0.25) is 0 Å². The molecule has 3 rings (SSSR count). The van der Waals surface area contributed by atoms with Crippen molar-refractivity contribution in [2.45, 2.75) is 6.54 Å². The van der Waals surface area contributed by atoms with Gasteiger partial charge in [-0.3, -0.25) is 9.36 Å². The van der Waals surface area contributed by atoms with Crippen molar-refractivity contribution < 1.29 is 4.39 Å². The maximum Gasteiger partial charge on any atom is 0.261 e. The summed E-state index contributed by atoms with van der Waals surface area (Å²) in [5, 5.41) is 0.941. The number of aromatic nitrogens is 2. The van der Waals surface area contributed by atoms with E-state index in [9.17, 15) is 9.18 Å². The van der Waals surface area contributed by atoms with E-state index in [-0.39, 0.29) is 17.9 Å². The zero-order valence-corrected chi connectivity index (χ0v) is 11.1. The highest BCUT2D eigenvalue weighted by molar-refractivity contribution is 6.31. The number of rotatable bonds is 2. The van der Waals surface area contributed by atoms with Crippen molar-refractivity contribution in [2.24, 2.45) is 0 Å². The molecule has 0 saturated carbocycles. The van der Waals surface area contributed by atoms with E-state index >= 15 is 0 Å². The molecule has 1 aromatic heterocycles. The Labute approximate surface area is 119 Å². The van der Waals surface area contributed by atoms with Crippen molar-refractivity contribution in [3.63, 3.8) is 0 Å². The largest absolute Gasteiger partial charge is 0.294 e. The van der Waals surface area contributed by atoms with E-state index in [1.807, 2.05) is 0 Å². The summed E-state index contributed by atoms with van der Waals surface area (Å²) < 4.78 is 14.6. The lowest BCUT2D eigenvalue weighted by molar-refractivity contribution is 0.622. The van der Waals surface area contributed by atoms with Crippen LogP contribution in [-0.4, -0.2) is 9.55 Å². The molecule has 0 aliphatic carbocycles. The van der Waals surface area contributed by atoms with Gasteiger partial charge in [-0.15, -0.1) is 0 Å². The van der Waals surface area contributed by atoms with Crippen LogP contribution in [0.15, 0.2) is 53.6 Å². The predicted molar refractivity (Wildman–Crippen MR) is 76.5 cm³/mol. The SMILES string of the molecule is O=c1c2cc(Cl)ccc2ncn1Cc1cccc(F)c1. The van der Waals surface area contributed by atoms with Crippen molar-refractivity contribution in [1.82, 2.24) is 9.55 Å². The molecule has 0 aliphatic heterocycles. The minimum Gasteiger partial charge on any atom is -0.294 e. The average molecular weight is 289 g/mol. The Balaban J connectivity index is 2.08. The Morgan fingerprint density at radius 2 is 2.05 bits per heavy atom. The van der Waals surface area contributed by atoms with Gasteiger partial charge in [0, 0.05) is 5.02 Å². The Hall–Kier alpha value is -2.20. The molecule has 0 unspecified atom stereocenters. The summed E-state index contributed by atoms with van der Waals surface area (Å²) in [6.45, 7) is 0.270. The molecular formula is C15H10ClFN2O. The Bertz CT molecular complexity index is 845. The number of fused-ring (bicyclic) bond motifs is 1. The lowest BCUT2D eigenvalue weighted by Gasteiger charge is -2.07. The molecule has 0 N–H and O–H groups in total. The van der Waals surface area contributed by atoms with E-state index in [0.29, 0.717) is 21.5 Å². The van der Waals surface area contributed by atoms with Crippen molar-refractivity contribution in [3.05, 3.63) is 75.5 Å². The molecule has 20 heavy (non-hydrogen) atoms. The third-order valence-electron chi connectivity index (χ3n) is 3.03. The molecule has 3 aromatic rings. The second kappa shape index (κ2) is 5.06. The molecule has 0 saturated heterocycles. The summed E-state index contributed by atoms with van der Waals surface area (Å²) in [5.74, 6) is -0.327. The summed E-state index contributed by atoms with van der Waals surface area (Å²) in [6.07, 6.45) is 1.46. The van der Waals surface area contributed by atoms with E-state index in [4.69, 9.17) is 11.6 Å². The van der Waals surface area contributed by atoms with Gasteiger partial charge in [0.05, 0.1) is 23.8 Å². The third-order valence-corrected chi connectivity index (χ3v) is 3.26. The first-order valence-electron chi connectivity index (χ1n) is 6.02. The van der Waals surface area contributed by atoms with Crippen LogP contribution in [0.3, 0.4) is 0 Å². The molecule has 0 radical (unpaired) electrons. The van der Waals surface area contributed by atoms with Gasteiger partial charge in [-0.05, 0) is 35.9 Å². The molecular weight excluding hydrogens is 279 g/mol. The molecule has 3 nitrogen and oxygen atoms in total. The first-order chi connectivity index (χ1) is 9.63. The summed E-state index contributed by atoms with van der Waals surface area (Å²) in [6, 6.07) is 11.1. The monoisotopic (exact) mass is 288 g/mol. The quantitative estimate of drug-likeness (QED) is 0.725. The van der Waals surface area contributed by atoms with Gasteiger partial charge in [0.15, 0.2) is 0 Å². The van der Waals surface area contributed by atoms with E-state index < -0.39 is 0 Å². The highest BCUT2D eigenvalue weighted by Crippen LogP contribution is 2.14. The molecule has 0 amide bonds. The van der Waals surface area contributed by atoms with Crippen LogP contribution < -0.4 is 5.56 Å². The molecule has 2 aromatic carbocycles. The van der Waals surface area contributed by atoms with Crippen LogP contribution in [0.25, 0.3) is 10.9 Å². The van der Waals surface area contributed by atoms with Gasteiger partial charge in [0.25, 0.3) is 5.56 Å². The topological polar surface area (TPSA) is 34.9 Å². The Morgan fingerprint density at radius 1 is 1.20 bits per heavy atom. The minimum atomic E-state index is -0.327. The zero-order chi connectivity index (χ0) is 14.1. The molecule has 100 valence electrons. The van der Waals surface area contributed by atoms with Gasteiger partial charge in [-0.2, -0.15) is 0 Å². The Morgan fingerprint density at radius 3 is 2.85 bits per heavy atom. The molecule has 0 fully saturated rings. The van der Waals surface area contributed by atoms with Crippen LogP contribution in [0, 0.1) is 5.82 Å². The van der Waals surface area contributed by atoms with E-state index in [1.165, 1.54) is 23.0 Å². The van der Waals surface area contributed by atoms with Crippen LogP contribution in [0.4, 0.5) is 4.39 Å². The zero-order valence-electron chi connectivity index (χ0n) is 10.4. The van der Waals surface area contributed by atoms with Crippen LogP contribution in [0.2, 0.25) is 5.02 Å². The van der Waals surface area contributed by atoms with Gasteiger partial charge in [0.1, 0.15) is 5.82 Å². The first-order valence-corrected chi connectivity index (χ1v) is 6.40. The molecule has 0 bridgehead atoms. The molecule has 5 heteroatoms.